The number of piperazine rings is 1. The highest BCUT2D eigenvalue weighted by Crippen LogP contribution is 2.25. The maximum Gasteiger partial charge on any atom is 0.166 e. The molecule has 1 saturated heterocycles. The molecule has 15 heavy (non-hydrogen) atoms. The second-order valence-corrected chi connectivity index (χ2v) is 6.42. The molecule has 3 heteroatoms. The number of hydrogen-bond donors (Lipinski definition) is 0. The Morgan fingerprint density at radius 2 is 1.47 bits per heavy atom. The first-order valence-corrected chi connectivity index (χ1v) is 5.78. The minimum Gasteiger partial charge on any atom is -0.293 e. The van der Waals surface area contributed by atoms with Crippen molar-refractivity contribution in [2.24, 2.45) is 0 Å². The molecule has 0 bridgehead atoms. The van der Waals surface area contributed by atoms with Crippen LogP contribution in [-0.4, -0.2) is 46.8 Å². The van der Waals surface area contributed by atoms with Gasteiger partial charge in [-0.25, -0.2) is 4.39 Å². The van der Waals surface area contributed by atoms with Gasteiger partial charge in [-0.3, -0.25) is 9.80 Å². The minimum atomic E-state index is -0.835. The topological polar surface area (TPSA) is 6.48 Å². The molecule has 0 N–H and O–H groups in total. The molecule has 1 unspecified atom stereocenters. The van der Waals surface area contributed by atoms with Gasteiger partial charge in [-0.2, -0.15) is 0 Å². The van der Waals surface area contributed by atoms with Crippen molar-refractivity contribution >= 4 is 0 Å². The third-order valence-corrected chi connectivity index (χ3v) is 3.13. The Bertz CT molecular complexity index is 215. The maximum absolute atomic E-state index is 14.0. The third kappa shape index (κ3) is 3.15. The van der Waals surface area contributed by atoms with Gasteiger partial charge in [0.1, 0.15) is 0 Å². The second kappa shape index (κ2) is 4.02. The van der Waals surface area contributed by atoms with E-state index < -0.39 is 6.30 Å². The predicted octanol–water partition coefficient (Wildman–Crippen LogP) is 2.50. The van der Waals surface area contributed by atoms with E-state index in [9.17, 15) is 4.39 Å². The normalized spacial score (nSPS) is 27.0. The molecule has 0 aromatic carbocycles. The van der Waals surface area contributed by atoms with Crippen molar-refractivity contribution in [1.82, 2.24) is 9.80 Å². The number of rotatable bonds is 0. The lowest BCUT2D eigenvalue weighted by Gasteiger charge is -2.48. The van der Waals surface area contributed by atoms with Gasteiger partial charge in [0.25, 0.3) is 0 Å². The average Bonchev–Trinajstić information content (AvgIpc) is 1.99. The third-order valence-electron chi connectivity index (χ3n) is 3.13. The molecule has 0 aromatic rings. The number of halogens is 1. The molecule has 0 radical (unpaired) electrons. The van der Waals surface area contributed by atoms with Crippen molar-refractivity contribution in [2.75, 3.05) is 19.6 Å². The number of hydrogen-bond acceptors (Lipinski definition) is 2. The standard InChI is InChI=1S/C12H25FN2/c1-11(2,3)14-7-8-15(10(13)9-14)12(4,5)6/h10H,7-9H2,1-6H3. The van der Waals surface area contributed by atoms with Crippen LogP contribution in [0.15, 0.2) is 0 Å². The Balaban J connectivity index is 2.64. The quantitative estimate of drug-likeness (QED) is 0.574. The van der Waals surface area contributed by atoms with E-state index in [1.165, 1.54) is 0 Å². The van der Waals surface area contributed by atoms with E-state index in [2.05, 4.69) is 46.4 Å². The van der Waals surface area contributed by atoms with Crippen LogP contribution in [0.2, 0.25) is 0 Å². The maximum atomic E-state index is 14.0. The lowest BCUT2D eigenvalue weighted by Crippen LogP contribution is -2.61. The van der Waals surface area contributed by atoms with Crippen LogP contribution in [0, 0.1) is 0 Å². The van der Waals surface area contributed by atoms with Crippen molar-refractivity contribution in [3.8, 4) is 0 Å². The smallest absolute Gasteiger partial charge is 0.166 e. The molecule has 0 aliphatic carbocycles. The Kier molecular flexibility index (Phi) is 3.46. The van der Waals surface area contributed by atoms with Crippen LogP contribution in [0.25, 0.3) is 0 Å². The van der Waals surface area contributed by atoms with Gasteiger partial charge >= 0.3 is 0 Å². The molecule has 1 aliphatic heterocycles. The first-order chi connectivity index (χ1) is 6.62. The molecule has 1 aliphatic rings. The van der Waals surface area contributed by atoms with E-state index in [-0.39, 0.29) is 11.1 Å². The molecular formula is C12H25FN2. The summed E-state index contributed by atoms with van der Waals surface area (Å²) in [6.07, 6.45) is -0.835. The monoisotopic (exact) mass is 216 g/mol. The fourth-order valence-corrected chi connectivity index (χ4v) is 2.11. The zero-order valence-corrected chi connectivity index (χ0v) is 11.0. The second-order valence-electron chi connectivity index (χ2n) is 6.42. The molecular weight excluding hydrogens is 191 g/mol. The highest BCUT2D eigenvalue weighted by molar-refractivity contribution is 4.88. The summed E-state index contributed by atoms with van der Waals surface area (Å²) in [6, 6.07) is 0. The van der Waals surface area contributed by atoms with E-state index in [1.54, 1.807) is 0 Å². The van der Waals surface area contributed by atoms with Gasteiger partial charge in [-0.15, -0.1) is 0 Å². The molecule has 0 spiro atoms. The molecule has 1 atom stereocenters. The van der Waals surface area contributed by atoms with Crippen LogP contribution in [0.5, 0.6) is 0 Å². The van der Waals surface area contributed by atoms with Gasteiger partial charge in [0.05, 0.1) is 0 Å². The predicted molar refractivity (Wildman–Crippen MR) is 62.7 cm³/mol. The van der Waals surface area contributed by atoms with Crippen molar-refractivity contribution in [2.45, 2.75) is 58.9 Å². The Morgan fingerprint density at radius 1 is 0.933 bits per heavy atom. The van der Waals surface area contributed by atoms with Crippen LogP contribution >= 0.6 is 0 Å². The summed E-state index contributed by atoms with van der Waals surface area (Å²) in [6.45, 7) is 15.0. The first-order valence-electron chi connectivity index (χ1n) is 5.78. The van der Waals surface area contributed by atoms with Crippen LogP contribution in [-0.2, 0) is 0 Å². The first kappa shape index (κ1) is 12.9. The van der Waals surface area contributed by atoms with Crippen LogP contribution < -0.4 is 0 Å². The summed E-state index contributed by atoms with van der Waals surface area (Å²) in [5.74, 6) is 0. The van der Waals surface area contributed by atoms with Gasteiger partial charge in [-0.1, -0.05) is 0 Å². The van der Waals surface area contributed by atoms with Crippen molar-refractivity contribution in [1.29, 1.82) is 0 Å². The Labute approximate surface area is 93.4 Å². The SMILES string of the molecule is CC(C)(C)N1CCN(C(C)(C)C)C(F)C1. The molecule has 0 saturated carbocycles. The molecule has 0 aromatic heterocycles. The van der Waals surface area contributed by atoms with E-state index in [0.29, 0.717) is 6.54 Å². The number of alkyl halides is 1. The molecule has 0 amide bonds. The highest BCUT2D eigenvalue weighted by Gasteiger charge is 2.36. The van der Waals surface area contributed by atoms with Gasteiger partial charge in [0, 0.05) is 30.7 Å². The fourth-order valence-electron chi connectivity index (χ4n) is 2.11. The summed E-state index contributed by atoms with van der Waals surface area (Å²) in [5, 5.41) is 0. The van der Waals surface area contributed by atoms with Crippen molar-refractivity contribution in [3.05, 3.63) is 0 Å². The lowest BCUT2D eigenvalue weighted by molar-refractivity contribution is -0.0740. The number of nitrogens with zero attached hydrogens (tertiary/aromatic N) is 2. The van der Waals surface area contributed by atoms with Crippen LogP contribution in [0.1, 0.15) is 41.5 Å². The van der Waals surface area contributed by atoms with Crippen molar-refractivity contribution < 1.29 is 4.39 Å². The van der Waals surface area contributed by atoms with Gasteiger partial charge in [0.2, 0.25) is 0 Å². The molecule has 1 rings (SSSR count). The van der Waals surface area contributed by atoms with E-state index >= 15 is 0 Å². The van der Waals surface area contributed by atoms with Gasteiger partial charge in [0.15, 0.2) is 6.30 Å². The van der Waals surface area contributed by atoms with E-state index in [0.717, 1.165) is 13.1 Å². The summed E-state index contributed by atoms with van der Waals surface area (Å²) in [4.78, 5) is 4.18. The average molecular weight is 216 g/mol. The van der Waals surface area contributed by atoms with Crippen molar-refractivity contribution in [3.63, 3.8) is 0 Å². The molecule has 1 heterocycles. The van der Waals surface area contributed by atoms with Crippen LogP contribution in [0.4, 0.5) is 4.39 Å². The van der Waals surface area contributed by atoms with Crippen LogP contribution in [0.3, 0.4) is 0 Å². The minimum absolute atomic E-state index is 0.0661. The highest BCUT2D eigenvalue weighted by atomic mass is 19.1. The van der Waals surface area contributed by atoms with E-state index in [4.69, 9.17) is 0 Å². The summed E-state index contributed by atoms with van der Waals surface area (Å²) >= 11 is 0. The molecule has 1 fully saturated rings. The summed E-state index contributed by atoms with van der Waals surface area (Å²) < 4.78 is 14.0. The Morgan fingerprint density at radius 3 is 1.80 bits per heavy atom. The lowest BCUT2D eigenvalue weighted by atomic mass is 10.0. The molecule has 90 valence electrons. The summed E-state index contributed by atoms with van der Waals surface area (Å²) in [5.41, 5.74) is 0.0116. The van der Waals surface area contributed by atoms with E-state index in [1.807, 2.05) is 4.90 Å². The van der Waals surface area contributed by atoms with Gasteiger partial charge < -0.3 is 0 Å². The van der Waals surface area contributed by atoms with Gasteiger partial charge in [-0.05, 0) is 41.5 Å². The zero-order chi connectivity index (χ0) is 11.9. The summed E-state index contributed by atoms with van der Waals surface area (Å²) in [7, 11) is 0. The Hall–Kier alpha value is -0.150. The molecule has 2 nitrogen and oxygen atoms in total. The zero-order valence-electron chi connectivity index (χ0n) is 11.0. The largest absolute Gasteiger partial charge is 0.293 e. The fraction of sp³-hybridized carbons (Fsp3) is 1.00.